The summed E-state index contributed by atoms with van der Waals surface area (Å²) in [6, 6.07) is 7.51. The number of rotatable bonds is 4. The fraction of sp³-hybridized carbons (Fsp3) is 0.320. The number of aromatic nitrogens is 2. The van der Waals surface area contributed by atoms with E-state index in [0.29, 0.717) is 11.9 Å². The fourth-order valence-corrected chi connectivity index (χ4v) is 4.50. The Morgan fingerprint density at radius 1 is 1.17 bits per heavy atom. The Hall–Kier alpha value is -3.73. The number of hydrogen-bond acceptors (Lipinski definition) is 6. The van der Waals surface area contributed by atoms with Gasteiger partial charge in [0.2, 0.25) is 5.95 Å². The molecule has 11 heteroatoms. The number of carbonyl (C=O) groups excluding carboxylic acids is 1. The Morgan fingerprint density at radius 3 is 2.72 bits per heavy atom. The summed E-state index contributed by atoms with van der Waals surface area (Å²) in [5.41, 5.74) is 1.18. The van der Waals surface area contributed by atoms with E-state index in [0.717, 1.165) is 36.7 Å². The second-order valence-electron chi connectivity index (χ2n) is 8.94. The van der Waals surface area contributed by atoms with Crippen LogP contribution in [0.3, 0.4) is 0 Å². The topological polar surface area (TPSA) is 79.4 Å². The maximum atomic E-state index is 15.0. The summed E-state index contributed by atoms with van der Waals surface area (Å²) >= 11 is 0. The Kier molecular flexibility index (Phi) is 6.03. The van der Waals surface area contributed by atoms with Crippen molar-refractivity contribution in [1.82, 2.24) is 15.3 Å². The van der Waals surface area contributed by atoms with Crippen molar-refractivity contribution in [2.75, 3.05) is 23.4 Å². The molecule has 7 nitrogen and oxygen atoms in total. The average Bonchev–Trinajstić information content (AvgIpc) is 2.82. The molecular weight excluding hydrogens is 478 g/mol. The summed E-state index contributed by atoms with van der Waals surface area (Å²) < 4.78 is 61.9. The zero-order chi connectivity index (χ0) is 25.6. The van der Waals surface area contributed by atoms with E-state index in [1.165, 1.54) is 11.0 Å². The average molecular weight is 501 g/mol. The number of nitrogens with zero attached hydrogens (tertiary/aromatic N) is 3. The van der Waals surface area contributed by atoms with E-state index in [9.17, 15) is 18.0 Å². The molecule has 2 aliphatic rings. The van der Waals surface area contributed by atoms with Gasteiger partial charge in [0.05, 0.1) is 11.4 Å². The van der Waals surface area contributed by atoms with Gasteiger partial charge in [-0.05, 0) is 62.2 Å². The molecule has 36 heavy (non-hydrogen) atoms. The lowest BCUT2D eigenvalue weighted by atomic mass is 10.0. The molecule has 2 aliphatic heterocycles. The van der Waals surface area contributed by atoms with Gasteiger partial charge in [0, 0.05) is 30.0 Å². The second-order valence-corrected chi connectivity index (χ2v) is 8.94. The summed E-state index contributed by atoms with van der Waals surface area (Å²) in [7, 11) is 0. The molecule has 2 N–H and O–H groups in total. The zero-order valence-electron chi connectivity index (χ0n) is 19.5. The Morgan fingerprint density at radius 2 is 1.97 bits per heavy atom. The molecule has 0 atom stereocenters. The van der Waals surface area contributed by atoms with Crippen LogP contribution in [0.4, 0.5) is 34.9 Å². The van der Waals surface area contributed by atoms with Crippen LogP contribution < -0.4 is 20.3 Å². The molecule has 0 radical (unpaired) electrons. The monoisotopic (exact) mass is 501 g/mol. The molecule has 188 valence electrons. The highest BCUT2D eigenvalue weighted by molar-refractivity contribution is 5.99. The largest absolute Gasteiger partial charge is 0.478 e. The quantitative estimate of drug-likeness (QED) is 0.499. The van der Waals surface area contributed by atoms with Crippen LogP contribution in [0.1, 0.15) is 30.5 Å². The van der Waals surface area contributed by atoms with Crippen LogP contribution in [-0.4, -0.2) is 35.1 Å². The smallest absolute Gasteiger partial charge is 0.419 e. The van der Waals surface area contributed by atoms with Crippen LogP contribution in [0.15, 0.2) is 36.5 Å². The number of halogens is 4. The molecule has 0 saturated carbocycles. The number of alkyl halides is 3. The summed E-state index contributed by atoms with van der Waals surface area (Å²) in [6.07, 6.45) is -3.29. The molecule has 0 fully saturated rings. The molecule has 3 aromatic rings. The van der Waals surface area contributed by atoms with E-state index in [1.54, 1.807) is 19.9 Å². The van der Waals surface area contributed by atoms with Gasteiger partial charge in [-0.3, -0.25) is 4.79 Å². The minimum absolute atomic E-state index is 0.0563. The molecule has 3 heterocycles. The Bertz CT molecular complexity index is 1340. The summed E-state index contributed by atoms with van der Waals surface area (Å²) in [6.45, 7) is 4.68. The van der Waals surface area contributed by atoms with Crippen molar-refractivity contribution in [1.29, 1.82) is 0 Å². The van der Waals surface area contributed by atoms with Crippen LogP contribution in [0, 0.1) is 5.82 Å². The highest BCUT2D eigenvalue weighted by Crippen LogP contribution is 2.42. The first-order valence-electron chi connectivity index (χ1n) is 11.4. The first kappa shape index (κ1) is 24.0. The van der Waals surface area contributed by atoms with Gasteiger partial charge in [-0.1, -0.05) is 6.07 Å². The lowest BCUT2D eigenvalue weighted by molar-refractivity contribution is -0.137. The third-order valence-corrected chi connectivity index (χ3v) is 6.13. The lowest BCUT2D eigenvalue weighted by Gasteiger charge is -2.33. The SMILES string of the molecule is CC(C)N1C(=O)COc2c(F)cc(-c3nc(Nc4ccc5c(c4)CCNC5)ncc3C(F)(F)F)cc21. The maximum absolute atomic E-state index is 15.0. The van der Waals surface area contributed by atoms with Crippen molar-refractivity contribution in [2.45, 2.75) is 39.0 Å². The van der Waals surface area contributed by atoms with Crippen molar-refractivity contribution < 1.29 is 27.1 Å². The number of carbonyl (C=O) groups is 1. The molecule has 0 spiro atoms. The first-order chi connectivity index (χ1) is 17.1. The number of fused-ring (bicyclic) bond motifs is 2. The Balaban J connectivity index is 1.59. The van der Waals surface area contributed by atoms with Gasteiger partial charge >= 0.3 is 6.18 Å². The van der Waals surface area contributed by atoms with E-state index in [-0.39, 0.29) is 35.6 Å². The number of anilines is 3. The van der Waals surface area contributed by atoms with E-state index in [4.69, 9.17) is 4.74 Å². The fourth-order valence-electron chi connectivity index (χ4n) is 4.50. The second kappa shape index (κ2) is 9.05. The molecule has 2 aromatic carbocycles. The highest BCUT2D eigenvalue weighted by Gasteiger charge is 2.37. The van der Waals surface area contributed by atoms with E-state index < -0.39 is 29.2 Å². The summed E-state index contributed by atoms with van der Waals surface area (Å²) in [5, 5.41) is 6.24. The van der Waals surface area contributed by atoms with Crippen molar-refractivity contribution >= 4 is 23.2 Å². The van der Waals surface area contributed by atoms with Gasteiger partial charge in [-0.25, -0.2) is 14.4 Å². The predicted octanol–water partition coefficient (Wildman–Crippen LogP) is 4.82. The molecule has 0 saturated heterocycles. The predicted molar refractivity (Wildman–Crippen MR) is 126 cm³/mol. The molecule has 1 aromatic heterocycles. The van der Waals surface area contributed by atoms with E-state index in [2.05, 4.69) is 20.6 Å². The number of ether oxygens (including phenoxy) is 1. The minimum atomic E-state index is -4.79. The normalized spacial score (nSPS) is 15.4. The summed E-state index contributed by atoms with van der Waals surface area (Å²) in [5.74, 6) is -1.56. The van der Waals surface area contributed by atoms with Crippen molar-refractivity contribution in [3.05, 3.63) is 59.0 Å². The van der Waals surface area contributed by atoms with Crippen molar-refractivity contribution in [2.24, 2.45) is 0 Å². The zero-order valence-corrected chi connectivity index (χ0v) is 19.5. The molecule has 5 rings (SSSR count). The number of hydrogen-bond donors (Lipinski definition) is 2. The van der Waals surface area contributed by atoms with Crippen LogP contribution >= 0.6 is 0 Å². The van der Waals surface area contributed by atoms with Gasteiger partial charge < -0.3 is 20.3 Å². The van der Waals surface area contributed by atoms with Crippen LogP contribution in [0.25, 0.3) is 11.3 Å². The van der Waals surface area contributed by atoms with E-state index in [1.807, 2.05) is 12.1 Å². The lowest BCUT2D eigenvalue weighted by Crippen LogP contribution is -2.43. The van der Waals surface area contributed by atoms with Gasteiger partial charge in [0.1, 0.15) is 5.56 Å². The van der Waals surface area contributed by atoms with Crippen molar-refractivity contribution in [3.8, 4) is 17.0 Å². The number of amides is 1. The minimum Gasteiger partial charge on any atom is -0.478 e. The van der Waals surface area contributed by atoms with Crippen LogP contribution in [-0.2, 0) is 23.9 Å². The molecule has 0 aliphatic carbocycles. The van der Waals surface area contributed by atoms with Gasteiger partial charge in [0.25, 0.3) is 5.91 Å². The maximum Gasteiger partial charge on any atom is 0.419 e. The van der Waals surface area contributed by atoms with E-state index >= 15 is 4.39 Å². The van der Waals surface area contributed by atoms with Crippen molar-refractivity contribution in [3.63, 3.8) is 0 Å². The van der Waals surface area contributed by atoms with Gasteiger partial charge in [0.15, 0.2) is 18.2 Å². The molecule has 0 unspecified atom stereocenters. The van der Waals surface area contributed by atoms with Gasteiger partial charge in [-0.2, -0.15) is 13.2 Å². The van der Waals surface area contributed by atoms with Crippen LogP contribution in [0.2, 0.25) is 0 Å². The Labute approximate surface area is 204 Å². The number of benzene rings is 2. The molecular formula is C25H23F4N5O2. The molecule has 1 amide bonds. The highest BCUT2D eigenvalue weighted by atomic mass is 19.4. The summed E-state index contributed by atoms with van der Waals surface area (Å²) in [4.78, 5) is 21.7. The van der Waals surface area contributed by atoms with Crippen LogP contribution in [0.5, 0.6) is 5.75 Å². The first-order valence-corrected chi connectivity index (χ1v) is 11.4. The number of nitrogens with one attached hydrogen (secondary N) is 2. The third-order valence-electron chi connectivity index (χ3n) is 6.13. The van der Waals surface area contributed by atoms with Gasteiger partial charge in [-0.15, -0.1) is 0 Å². The molecule has 0 bridgehead atoms. The third kappa shape index (κ3) is 4.46. The standard InChI is InChI=1S/C25H23F4N5O2/c1-13(2)34-20-9-16(8-19(26)23(20)36-12-21(34)35)22-18(25(27,28)29)11-31-24(33-22)32-17-4-3-15-10-30-6-5-14(15)7-17/h3-4,7-9,11,13,30H,5-6,10,12H2,1-2H3,(H,31,32,33).